The summed E-state index contributed by atoms with van der Waals surface area (Å²) in [5.74, 6) is 2.68. The second kappa shape index (κ2) is 9.14. The fourth-order valence-electron chi connectivity index (χ4n) is 3.66. The van der Waals surface area contributed by atoms with Gasteiger partial charge in [0.05, 0.1) is 0 Å². The Bertz CT molecular complexity index is 396. The van der Waals surface area contributed by atoms with E-state index in [0.717, 1.165) is 56.8 Å². The van der Waals surface area contributed by atoms with Gasteiger partial charge in [-0.15, -0.1) is 0 Å². The van der Waals surface area contributed by atoms with Crippen LogP contribution >= 0.6 is 0 Å². The predicted octanol–water partition coefficient (Wildman–Crippen LogP) is 2.33. The molecular weight excluding hydrogens is 288 g/mol. The Morgan fingerprint density at radius 1 is 1.22 bits per heavy atom. The zero-order valence-corrected chi connectivity index (χ0v) is 15.2. The molecule has 2 rings (SSSR count). The van der Waals surface area contributed by atoms with Gasteiger partial charge in [0, 0.05) is 33.2 Å². The molecule has 2 aliphatic rings. The predicted molar refractivity (Wildman–Crippen MR) is 95.5 cm³/mol. The number of hydrogen-bond acceptors (Lipinski definition) is 2. The maximum atomic E-state index is 12.2. The molecule has 0 bridgehead atoms. The lowest BCUT2D eigenvalue weighted by atomic mass is 9.83. The third-order valence-electron chi connectivity index (χ3n) is 5.19. The Morgan fingerprint density at radius 2 is 1.87 bits per heavy atom. The summed E-state index contributed by atoms with van der Waals surface area (Å²) >= 11 is 0. The van der Waals surface area contributed by atoms with Gasteiger partial charge < -0.3 is 15.1 Å². The summed E-state index contributed by atoms with van der Waals surface area (Å²) in [4.78, 5) is 20.9. The van der Waals surface area contributed by atoms with Crippen LogP contribution in [0.3, 0.4) is 0 Å². The zero-order chi connectivity index (χ0) is 16.7. The van der Waals surface area contributed by atoms with E-state index in [1.54, 1.807) is 0 Å². The highest BCUT2D eigenvalue weighted by Crippen LogP contribution is 2.28. The van der Waals surface area contributed by atoms with Crippen LogP contribution in [0, 0.1) is 11.8 Å². The monoisotopic (exact) mass is 322 g/mol. The van der Waals surface area contributed by atoms with Gasteiger partial charge >= 0.3 is 0 Å². The van der Waals surface area contributed by atoms with E-state index in [9.17, 15) is 4.79 Å². The molecule has 1 N–H and O–H groups in total. The van der Waals surface area contributed by atoms with Crippen LogP contribution in [0.15, 0.2) is 4.99 Å². The van der Waals surface area contributed by atoms with Crippen LogP contribution in [0.4, 0.5) is 0 Å². The summed E-state index contributed by atoms with van der Waals surface area (Å²) in [7, 11) is 2.10. The van der Waals surface area contributed by atoms with Crippen LogP contribution in [0.2, 0.25) is 0 Å². The average Bonchev–Trinajstić information content (AvgIpc) is 3.07. The minimum Gasteiger partial charge on any atom is -0.357 e. The number of nitrogens with one attached hydrogen (secondary N) is 1. The van der Waals surface area contributed by atoms with Gasteiger partial charge in [-0.2, -0.15) is 0 Å². The van der Waals surface area contributed by atoms with Gasteiger partial charge in [-0.05, 0) is 44.4 Å². The lowest BCUT2D eigenvalue weighted by Gasteiger charge is -2.31. The standard InChI is InChI=1S/C18H34N4O/c1-4-19-18(20-13-17(23)22-11-5-6-12-22)21(3)14-16-9-7-15(2)8-10-16/h15-16H,4-14H2,1-3H3,(H,19,20). The Labute approximate surface area is 141 Å². The van der Waals surface area contributed by atoms with Gasteiger partial charge in [0.1, 0.15) is 6.54 Å². The third-order valence-corrected chi connectivity index (χ3v) is 5.19. The molecular formula is C18H34N4O. The number of hydrogen-bond donors (Lipinski definition) is 1. The summed E-state index contributed by atoms with van der Waals surface area (Å²) in [6.07, 6.45) is 7.60. The second-order valence-electron chi connectivity index (χ2n) is 7.26. The van der Waals surface area contributed by atoms with Crippen molar-refractivity contribution in [1.82, 2.24) is 15.1 Å². The summed E-state index contributed by atoms with van der Waals surface area (Å²) in [6, 6.07) is 0. The van der Waals surface area contributed by atoms with Crippen LogP contribution in [0.25, 0.3) is 0 Å². The van der Waals surface area contributed by atoms with Crippen LogP contribution in [0.1, 0.15) is 52.4 Å². The van der Waals surface area contributed by atoms with Gasteiger partial charge in [-0.1, -0.05) is 19.8 Å². The van der Waals surface area contributed by atoms with Crippen molar-refractivity contribution in [3.8, 4) is 0 Å². The van der Waals surface area contributed by atoms with Gasteiger partial charge in [0.25, 0.3) is 0 Å². The molecule has 23 heavy (non-hydrogen) atoms. The van der Waals surface area contributed by atoms with Gasteiger partial charge in [-0.25, -0.2) is 4.99 Å². The molecule has 1 aliphatic heterocycles. The largest absolute Gasteiger partial charge is 0.357 e. The molecule has 0 atom stereocenters. The van der Waals surface area contributed by atoms with Gasteiger partial charge in [0.15, 0.2) is 5.96 Å². The molecule has 0 spiro atoms. The van der Waals surface area contributed by atoms with Crippen LogP contribution in [-0.4, -0.2) is 61.4 Å². The highest BCUT2D eigenvalue weighted by Gasteiger charge is 2.21. The van der Waals surface area contributed by atoms with Crippen molar-refractivity contribution in [2.75, 3.05) is 39.8 Å². The Morgan fingerprint density at radius 3 is 2.48 bits per heavy atom. The molecule has 132 valence electrons. The Balaban J connectivity index is 1.85. The van der Waals surface area contributed by atoms with E-state index in [2.05, 4.69) is 36.1 Å². The molecule has 5 heteroatoms. The number of likely N-dealkylation sites (tertiary alicyclic amines) is 1. The summed E-state index contributed by atoms with van der Waals surface area (Å²) in [5.41, 5.74) is 0. The van der Waals surface area contributed by atoms with E-state index in [-0.39, 0.29) is 12.5 Å². The van der Waals surface area contributed by atoms with Crippen molar-refractivity contribution in [3.05, 3.63) is 0 Å². The van der Waals surface area contributed by atoms with E-state index in [1.165, 1.54) is 25.7 Å². The lowest BCUT2D eigenvalue weighted by molar-refractivity contribution is -0.128. The first-order valence-electron chi connectivity index (χ1n) is 9.37. The number of carbonyl (C=O) groups is 1. The first kappa shape index (κ1) is 18.1. The van der Waals surface area contributed by atoms with E-state index in [4.69, 9.17) is 0 Å². The molecule has 5 nitrogen and oxygen atoms in total. The number of aliphatic imine (C=N–C) groups is 1. The van der Waals surface area contributed by atoms with Gasteiger partial charge in [0.2, 0.25) is 5.91 Å². The molecule has 0 radical (unpaired) electrons. The first-order valence-corrected chi connectivity index (χ1v) is 9.37. The summed E-state index contributed by atoms with van der Waals surface area (Å²) in [6.45, 7) is 8.39. The van der Waals surface area contributed by atoms with Crippen molar-refractivity contribution >= 4 is 11.9 Å². The van der Waals surface area contributed by atoms with E-state index >= 15 is 0 Å². The maximum Gasteiger partial charge on any atom is 0.244 e. The normalized spacial score (nSPS) is 25.5. The molecule has 1 saturated carbocycles. The molecule has 1 saturated heterocycles. The molecule has 0 aromatic heterocycles. The molecule has 1 aliphatic carbocycles. The zero-order valence-electron chi connectivity index (χ0n) is 15.2. The number of guanidine groups is 1. The topological polar surface area (TPSA) is 47.9 Å². The Hall–Kier alpha value is -1.26. The van der Waals surface area contributed by atoms with E-state index in [0.29, 0.717) is 0 Å². The molecule has 1 heterocycles. The fourth-order valence-corrected chi connectivity index (χ4v) is 3.66. The first-order chi connectivity index (χ1) is 11.1. The quantitative estimate of drug-likeness (QED) is 0.624. The van der Waals surface area contributed by atoms with Crippen LogP contribution in [-0.2, 0) is 4.79 Å². The van der Waals surface area contributed by atoms with Crippen molar-refractivity contribution in [2.45, 2.75) is 52.4 Å². The Kier molecular flexibility index (Phi) is 7.18. The van der Waals surface area contributed by atoms with Crippen molar-refractivity contribution < 1.29 is 4.79 Å². The number of rotatable bonds is 5. The van der Waals surface area contributed by atoms with E-state index in [1.807, 2.05) is 4.90 Å². The van der Waals surface area contributed by atoms with Crippen molar-refractivity contribution in [3.63, 3.8) is 0 Å². The minimum absolute atomic E-state index is 0.165. The highest BCUT2D eigenvalue weighted by molar-refractivity contribution is 5.85. The molecule has 1 amide bonds. The maximum absolute atomic E-state index is 12.2. The lowest BCUT2D eigenvalue weighted by Crippen LogP contribution is -2.42. The molecule has 0 aromatic rings. The third kappa shape index (κ3) is 5.70. The smallest absolute Gasteiger partial charge is 0.244 e. The highest BCUT2D eigenvalue weighted by atomic mass is 16.2. The summed E-state index contributed by atoms with van der Waals surface area (Å²) in [5, 5.41) is 3.33. The molecule has 0 unspecified atom stereocenters. The van der Waals surface area contributed by atoms with Crippen molar-refractivity contribution in [1.29, 1.82) is 0 Å². The minimum atomic E-state index is 0.165. The van der Waals surface area contributed by atoms with Crippen LogP contribution < -0.4 is 5.32 Å². The fraction of sp³-hybridized carbons (Fsp3) is 0.889. The second-order valence-corrected chi connectivity index (χ2v) is 7.26. The van der Waals surface area contributed by atoms with Crippen molar-refractivity contribution in [2.24, 2.45) is 16.8 Å². The summed E-state index contributed by atoms with van der Waals surface area (Å²) < 4.78 is 0. The molecule has 0 aromatic carbocycles. The average molecular weight is 322 g/mol. The molecule has 2 fully saturated rings. The SMILES string of the molecule is CCNC(=NCC(=O)N1CCCC1)N(C)CC1CCC(C)CC1. The van der Waals surface area contributed by atoms with Crippen LogP contribution in [0.5, 0.6) is 0 Å². The number of nitrogens with zero attached hydrogens (tertiary/aromatic N) is 3. The van der Waals surface area contributed by atoms with Gasteiger partial charge in [-0.3, -0.25) is 4.79 Å². The van der Waals surface area contributed by atoms with E-state index < -0.39 is 0 Å². The number of amides is 1. The number of carbonyl (C=O) groups excluding carboxylic acids is 1.